The van der Waals surface area contributed by atoms with Crippen molar-refractivity contribution in [2.45, 2.75) is 32.2 Å². The van der Waals surface area contributed by atoms with Crippen LogP contribution in [-0.2, 0) is 6.42 Å². The lowest BCUT2D eigenvalue weighted by molar-refractivity contribution is 0.0784. The molecule has 0 aromatic carbocycles. The van der Waals surface area contributed by atoms with Gasteiger partial charge in [-0.1, -0.05) is 6.92 Å². The van der Waals surface area contributed by atoms with Crippen molar-refractivity contribution in [1.29, 1.82) is 0 Å². The van der Waals surface area contributed by atoms with Gasteiger partial charge in [0.1, 0.15) is 5.82 Å². The van der Waals surface area contributed by atoms with E-state index in [0.29, 0.717) is 17.5 Å². The molecule has 2 aliphatic rings. The molecule has 1 N–H and O–H groups in total. The Hall–Kier alpha value is -1.49. The summed E-state index contributed by atoms with van der Waals surface area (Å²) in [5.74, 6) is 1.47. The van der Waals surface area contributed by atoms with Crippen molar-refractivity contribution < 1.29 is 4.79 Å². The molecule has 2 fully saturated rings. The highest BCUT2D eigenvalue weighted by atomic mass is 16.2. The van der Waals surface area contributed by atoms with Crippen molar-refractivity contribution in [1.82, 2.24) is 20.2 Å². The average Bonchev–Trinajstić information content (AvgIpc) is 2.90. The van der Waals surface area contributed by atoms with E-state index in [1.54, 1.807) is 12.4 Å². The molecule has 0 unspecified atom stereocenters. The summed E-state index contributed by atoms with van der Waals surface area (Å²) in [6.07, 6.45) is 6.56. The Morgan fingerprint density at radius 2 is 2.21 bits per heavy atom. The van der Waals surface area contributed by atoms with Crippen molar-refractivity contribution in [2.24, 2.45) is 5.92 Å². The van der Waals surface area contributed by atoms with E-state index in [1.807, 2.05) is 11.8 Å². The van der Waals surface area contributed by atoms with Crippen LogP contribution in [-0.4, -0.2) is 46.5 Å². The van der Waals surface area contributed by atoms with Gasteiger partial charge in [0.2, 0.25) is 0 Å². The van der Waals surface area contributed by atoms with Crippen LogP contribution in [0.2, 0.25) is 0 Å². The van der Waals surface area contributed by atoms with Crippen LogP contribution in [0.25, 0.3) is 0 Å². The Bertz CT molecular complexity index is 445. The maximum atomic E-state index is 12.4. The minimum Gasteiger partial charge on any atom is -0.337 e. The molecule has 19 heavy (non-hydrogen) atoms. The Morgan fingerprint density at radius 1 is 1.42 bits per heavy atom. The second-order valence-corrected chi connectivity index (χ2v) is 5.41. The molecule has 0 saturated carbocycles. The Kier molecular flexibility index (Phi) is 3.46. The van der Waals surface area contributed by atoms with Crippen molar-refractivity contribution in [3.05, 3.63) is 23.8 Å². The number of amides is 1. The van der Waals surface area contributed by atoms with Crippen LogP contribution in [0.5, 0.6) is 0 Å². The molecule has 1 amide bonds. The summed E-state index contributed by atoms with van der Waals surface area (Å²) in [6.45, 7) is 4.77. The fourth-order valence-corrected chi connectivity index (χ4v) is 3.04. The number of fused-ring (bicyclic) bond motifs is 1. The van der Waals surface area contributed by atoms with Crippen LogP contribution >= 0.6 is 0 Å². The Balaban J connectivity index is 1.70. The maximum absolute atomic E-state index is 12.4. The first-order chi connectivity index (χ1) is 9.28. The molecule has 0 aliphatic carbocycles. The number of piperidine rings is 1. The maximum Gasteiger partial charge on any atom is 0.257 e. The molecule has 5 heteroatoms. The quantitative estimate of drug-likeness (QED) is 0.857. The highest BCUT2D eigenvalue weighted by molar-refractivity contribution is 5.93. The molecule has 0 radical (unpaired) electrons. The van der Waals surface area contributed by atoms with Gasteiger partial charge in [-0.3, -0.25) is 4.79 Å². The van der Waals surface area contributed by atoms with E-state index in [2.05, 4.69) is 15.3 Å². The zero-order chi connectivity index (χ0) is 13.2. The summed E-state index contributed by atoms with van der Waals surface area (Å²) in [5, 5.41) is 3.51. The third-order valence-corrected chi connectivity index (χ3v) is 4.15. The molecule has 1 aromatic rings. The zero-order valence-corrected chi connectivity index (χ0v) is 11.3. The number of rotatable bonds is 2. The first-order valence-electron chi connectivity index (χ1n) is 7.11. The second-order valence-electron chi connectivity index (χ2n) is 5.41. The van der Waals surface area contributed by atoms with Crippen LogP contribution in [0, 0.1) is 5.92 Å². The van der Waals surface area contributed by atoms with Gasteiger partial charge < -0.3 is 10.2 Å². The highest BCUT2D eigenvalue weighted by Gasteiger charge is 2.36. The van der Waals surface area contributed by atoms with Crippen LogP contribution in [0.4, 0.5) is 0 Å². The molecule has 0 bridgehead atoms. The number of aromatic nitrogens is 2. The van der Waals surface area contributed by atoms with Crippen LogP contribution < -0.4 is 5.32 Å². The minimum absolute atomic E-state index is 0.0684. The smallest absolute Gasteiger partial charge is 0.257 e. The van der Waals surface area contributed by atoms with Gasteiger partial charge in [-0.25, -0.2) is 9.97 Å². The van der Waals surface area contributed by atoms with Gasteiger partial charge in [0, 0.05) is 37.9 Å². The van der Waals surface area contributed by atoms with E-state index < -0.39 is 0 Å². The monoisotopic (exact) mass is 260 g/mol. The molecule has 1 aromatic heterocycles. The number of hydrogen-bond acceptors (Lipinski definition) is 4. The number of carbonyl (C=O) groups is 1. The SMILES string of the molecule is CCc1ncc(C(=O)N2C[C@@H]3CCCN[C@@H]3C2)cn1. The molecule has 3 rings (SSSR count). The number of nitrogens with zero attached hydrogens (tertiary/aromatic N) is 3. The van der Waals surface area contributed by atoms with Gasteiger partial charge in [0.25, 0.3) is 5.91 Å². The number of nitrogens with one attached hydrogen (secondary N) is 1. The zero-order valence-electron chi connectivity index (χ0n) is 11.3. The normalized spacial score (nSPS) is 26.3. The van der Waals surface area contributed by atoms with E-state index in [-0.39, 0.29) is 5.91 Å². The first kappa shape index (κ1) is 12.5. The molecule has 2 saturated heterocycles. The molecule has 102 valence electrons. The summed E-state index contributed by atoms with van der Waals surface area (Å²) in [4.78, 5) is 22.8. The van der Waals surface area contributed by atoms with E-state index in [1.165, 1.54) is 12.8 Å². The predicted octanol–water partition coefficient (Wildman–Crippen LogP) is 0.863. The lowest BCUT2D eigenvalue weighted by atomic mass is 9.94. The third kappa shape index (κ3) is 2.47. The fraction of sp³-hybridized carbons (Fsp3) is 0.643. The van der Waals surface area contributed by atoms with Crippen molar-refractivity contribution in [3.63, 3.8) is 0 Å². The first-order valence-corrected chi connectivity index (χ1v) is 7.11. The predicted molar refractivity (Wildman–Crippen MR) is 71.8 cm³/mol. The summed E-state index contributed by atoms with van der Waals surface area (Å²) in [5.41, 5.74) is 0.607. The Labute approximate surface area is 113 Å². The van der Waals surface area contributed by atoms with E-state index in [4.69, 9.17) is 0 Å². The minimum atomic E-state index is 0.0684. The number of likely N-dealkylation sites (tertiary alicyclic amines) is 1. The summed E-state index contributed by atoms with van der Waals surface area (Å²) in [6, 6.07) is 0.480. The average molecular weight is 260 g/mol. The summed E-state index contributed by atoms with van der Waals surface area (Å²) >= 11 is 0. The lowest BCUT2D eigenvalue weighted by Crippen LogP contribution is -2.41. The number of hydrogen-bond donors (Lipinski definition) is 1. The van der Waals surface area contributed by atoms with Crippen molar-refractivity contribution in [2.75, 3.05) is 19.6 Å². The van der Waals surface area contributed by atoms with Gasteiger partial charge in [-0.2, -0.15) is 0 Å². The molecule has 2 atom stereocenters. The summed E-state index contributed by atoms with van der Waals surface area (Å²) in [7, 11) is 0. The lowest BCUT2D eigenvalue weighted by Gasteiger charge is -2.24. The van der Waals surface area contributed by atoms with Gasteiger partial charge in [-0.15, -0.1) is 0 Å². The molecule has 2 aliphatic heterocycles. The van der Waals surface area contributed by atoms with Gasteiger partial charge in [0.05, 0.1) is 5.56 Å². The van der Waals surface area contributed by atoms with E-state index in [0.717, 1.165) is 31.9 Å². The number of carbonyl (C=O) groups excluding carboxylic acids is 1. The van der Waals surface area contributed by atoms with E-state index in [9.17, 15) is 4.79 Å². The van der Waals surface area contributed by atoms with Gasteiger partial charge in [-0.05, 0) is 25.3 Å². The number of aryl methyl sites for hydroxylation is 1. The van der Waals surface area contributed by atoms with Crippen LogP contribution in [0.1, 0.15) is 35.9 Å². The molecular formula is C14H20N4O. The largest absolute Gasteiger partial charge is 0.337 e. The van der Waals surface area contributed by atoms with Crippen LogP contribution in [0.3, 0.4) is 0 Å². The second kappa shape index (κ2) is 5.25. The molecule has 5 nitrogen and oxygen atoms in total. The highest BCUT2D eigenvalue weighted by Crippen LogP contribution is 2.25. The summed E-state index contributed by atoms with van der Waals surface area (Å²) < 4.78 is 0. The standard InChI is InChI=1S/C14H20N4O/c1-2-13-16-6-11(7-17-13)14(19)18-8-10-4-3-5-15-12(10)9-18/h6-7,10,12,15H,2-5,8-9H2,1H3/t10-,12+/m0/s1. The molecule has 3 heterocycles. The fourth-order valence-electron chi connectivity index (χ4n) is 3.04. The van der Waals surface area contributed by atoms with Gasteiger partial charge >= 0.3 is 0 Å². The van der Waals surface area contributed by atoms with Crippen molar-refractivity contribution in [3.8, 4) is 0 Å². The van der Waals surface area contributed by atoms with Crippen molar-refractivity contribution >= 4 is 5.91 Å². The third-order valence-electron chi connectivity index (χ3n) is 4.15. The topological polar surface area (TPSA) is 58.1 Å². The molecule has 0 spiro atoms. The Morgan fingerprint density at radius 3 is 2.89 bits per heavy atom. The van der Waals surface area contributed by atoms with Crippen LogP contribution in [0.15, 0.2) is 12.4 Å². The molecular weight excluding hydrogens is 240 g/mol. The van der Waals surface area contributed by atoms with Gasteiger partial charge in [0.15, 0.2) is 0 Å². The van der Waals surface area contributed by atoms with E-state index >= 15 is 0 Å².